The monoisotopic (exact) mass is 230 g/mol. The molecule has 4 nitrogen and oxygen atoms in total. The Balaban J connectivity index is 2.56. The number of nitriles is 1. The molecule has 1 heterocycles. The van der Waals surface area contributed by atoms with Crippen LogP contribution in [0.1, 0.15) is 11.1 Å². The minimum atomic E-state index is -0.0513. The van der Waals surface area contributed by atoms with E-state index in [4.69, 9.17) is 22.3 Å². The summed E-state index contributed by atoms with van der Waals surface area (Å²) in [6, 6.07) is 9.14. The van der Waals surface area contributed by atoms with Gasteiger partial charge >= 0.3 is 0 Å². The van der Waals surface area contributed by atoms with Gasteiger partial charge in [0.05, 0.1) is 17.4 Å². The molecular formula is C11H7ClN4. The Bertz CT molecular complexity index is 580. The fourth-order valence-corrected chi connectivity index (χ4v) is 1.53. The van der Waals surface area contributed by atoms with E-state index in [1.54, 1.807) is 24.4 Å². The van der Waals surface area contributed by atoms with Gasteiger partial charge in [-0.15, -0.1) is 0 Å². The van der Waals surface area contributed by atoms with Gasteiger partial charge in [0, 0.05) is 11.8 Å². The average molecular weight is 231 g/mol. The van der Waals surface area contributed by atoms with Crippen molar-refractivity contribution in [1.29, 1.82) is 10.7 Å². The van der Waals surface area contributed by atoms with Crippen LogP contribution in [0.15, 0.2) is 36.7 Å². The SMILES string of the molecule is N#Cc1cnn(-c2ccccc2C(=N)Cl)c1. The second kappa shape index (κ2) is 4.17. The normalized spacial score (nSPS) is 9.75. The molecule has 2 rings (SSSR count). The first kappa shape index (κ1) is 10.4. The average Bonchev–Trinajstić information content (AvgIpc) is 2.77. The molecule has 2 aromatic rings. The lowest BCUT2D eigenvalue weighted by Gasteiger charge is -2.06. The molecule has 0 amide bonds. The largest absolute Gasteiger partial charge is 0.289 e. The summed E-state index contributed by atoms with van der Waals surface area (Å²) in [5.41, 5.74) is 1.73. The molecule has 16 heavy (non-hydrogen) atoms. The molecule has 1 aromatic heterocycles. The van der Waals surface area contributed by atoms with Crippen LogP contribution in [0.3, 0.4) is 0 Å². The van der Waals surface area contributed by atoms with Gasteiger partial charge in [-0.05, 0) is 12.1 Å². The third kappa shape index (κ3) is 1.81. The van der Waals surface area contributed by atoms with Crippen LogP contribution in [0, 0.1) is 16.7 Å². The summed E-state index contributed by atoms with van der Waals surface area (Å²) in [7, 11) is 0. The molecule has 5 heteroatoms. The van der Waals surface area contributed by atoms with Gasteiger partial charge < -0.3 is 0 Å². The van der Waals surface area contributed by atoms with Crippen molar-refractivity contribution in [2.45, 2.75) is 0 Å². The van der Waals surface area contributed by atoms with Crippen LogP contribution >= 0.6 is 11.6 Å². The Kier molecular flexibility index (Phi) is 2.71. The highest BCUT2D eigenvalue weighted by molar-refractivity contribution is 6.69. The summed E-state index contributed by atoms with van der Waals surface area (Å²) in [5, 5.41) is 20.1. The van der Waals surface area contributed by atoms with Crippen molar-refractivity contribution in [2.24, 2.45) is 0 Å². The number of para-hydroxylation sites is 1. The molecule has 0 bridgehead atoms. The predicted molar refractivity (Wildman–Crippen MR) is 61.0 cm³/mol. The maximum Gasteiger partial charge on any atom is 0.130 e. The summed E-state index contributed by atoms with van der Waals surface area (Å²) in [6.45, 7) is 0. The molecule has 0 aliphatic carbocycles. The molecule has 0 saturated heterocycles. The van der Waals surface area contributed by atoms with Crippen molar-refractivity contribution in [2.75, 3.05) is 0 Å². The van der Waals surface area contributed by atoms with Crippen molar-refractivity contribution in [3.63, 3.8) is 0 Å². The van der Waals surface area contributed by atoms with E-state index in [0.717, 1.165) is 0 Å². The van der Waals surface area contributed by atoms with E-state index in [-0.39, 0.29) is 5.17 Å². The van der Waals surface area contributed by atoms with Crippen molar-refractivity contribution in [3.05, 3.63) is 47.8 Å². The Labute approximate surface area is 97.2 Å². The van der Waals surface area contributed by atoms with Crippen molar-refractivity contribution in [1.82, 2.24) is 9.78 Å². The van der Waals surface area contributed by atoms with Crippen LogP contribution in [0.2, 0.25) is 0 Å². The van der Waals surface area contributed by atoms with Crippen LogP contribution < -0.4 is 0 Å². The van der Waals surface area contributed by atoms with Crippen LogP contribution in [-0.2, 0) is 0 Å². The maximum absolute atomic E-state index is 8.70. The summed E-state index contributed by atoms with van der Waals surface area (Å²) in [5.74, 6) is 0. The number of nitrogens with one attached hydrogen (secondary N) is 1. The Hall–Kier alpha value is -2.12. The van der Waals surface area contributed by atoms with E-state index in [1.807, 2.05) is 12.1 Å². The van der Waals surface area contributed by atoms with Crippen LogP contribution in [0.5, 0.6) is 0 Å². The van der Waals surface area contributed by atoms with Gasteiger partial charge in [-0.25, -0.2) is 4.68 Å². The molecule has 0 spiro atoms. The highest BCUT2D eigenvalue weighted by Crippen LogP contribution is 2.16. The zero-order chi connectivity index (χ0) is 11.5. The first-order chi connectivity index (χ1) is 7.72. The number of rotatable bonds is 2. The smallest absolute Gasteiger partial charge is 0.130 e. The lowest BCUT2D eigenvalue weighted by molar-refractivity contribution is 0.878. The van der Waals surface area contributed by atoms with Gasteiger partial charge in [-0.1, -0.05) is 23.7 Å². The van der Waals surface area contributed by atoms with Crippen LogP contribution in [0.25, 0.3) is 5.69 Å². The molecule has 0 saturated carbocycles. The van der Waals surface area contributed by atoms with E-state index in [9.17, 15) is 0 Å². The molecule has 0 radical (unpaired) electrons. The van der Waals surface area contributed by atoms with Crippen molar-refractivity contribution in [3.8, 4) is 11.8 Å². The van der Waals surface area contributed by atoms with Gasteiger partial charge in [-0.2, -0.15) is 10.4 Å². The zero-order valence-corrected chi connectivity index (χ0v) is 8.94. The summed E-state index contributed by atoms with van der Waals surface area (Å²) in [6.07, 6.45) is 3.06. The fraction of sp³-hybridized carbons (Fsp3) is 0. The van der Waals surface area contributed by atoms with Crippen molar-refractivity contribution < 1.29 is 0 Å². The number of halogens is 1. The minimum Gasteiger partial charge on any atom is -0.289 e. The fourth-order valence-electron chi connectivity index (χ4n) is 1.37. The third-order valence-electron chi connectivity index (χ3n) is 2.10. The van der Waals surface area contributed by atoms with Crippen LogP contribution in [-0.4, -0.2) is 15.0 Å². The zero-order valence-electron chi connectivity index (χ0n) is 8.18. The Morgan fingerprint density at radius 2 is 2.19 bits per heavy atom. The van der Waals surface area contributed by atoms with Gasteiger partial charge in [0.25, 0.3) is 0 Å². The second-order valence-electron chi connectivity index (χ2n) is 3.12. The third-order valence-corrected chi connectivity index (χ3v) is 2.30. The predicted octanol–water partition coefficient (Wildman–Crippen LogP) is 2.31. The molecule has 1 aromatic carbocycles. The molecule has 1 N–H and O–H groups in total. The molecule has 78 valence electrons. The lowest BCUT2D eigenvalue weighted by Crippen LogP contribution is -2.01. The number of benzene rings is 1. The number of aromatic nitrogens is 2. The molecule has 0 unspecified atom stereocenters. The number of hydrogen-bond donors (Lipinski definition) is 1. The lowest BCUT2D eigenvalue weighted by atomic mass is 10.2. The van der Waals surface area contributed by atoms with Gasteiger partial charge in [0.2, 0.25) is 0 Å². The number of hydrogen-bond acceptors (Lipinski definition) is 3. The topological polar surface area (TPSA) is 65.5 Å². The van der Waals surface area contributed by atoms with E-state index < -0.39 is 0 Å². The second-order valence-corrected chi connectivity index (χ2v) is 3.49. The van der Waals surface area contributed by atoms with Crippen LogP contribution in [0.4, 0.5) is 0 Å². The summed E-state index contributed by atoms with van der Waals surface area (Å²) >= 11 is 5.68. The van der Waals surface area contributed by atoms with E-state index >= 15 is 0 Å². The molecule has 0 aliphatic heterocycles. The summed E-state index contributed by atoms with van der Waals surface area (Å²) in [4.78, 5) is 0. The quantitative estimate of drug-likeness (QED) is 0.805. The first-order valence-corrected chi connectivity index (χ1v) is 4.89. The molecular weight excluding hydrogens is 224 g/mol. The highest BCUT2D eigenvalue weighted by atomic mass is 35.5. The van der Waals surface area contributed by atoms with Gasteiger partial charge in [0.15, 0.2) is 0 Å². The van der Waals surface area contributed by atoms with Gasteiger partial charge in [-0.3, -0.25) is 5.41 Å². The maximum atomic E-state index is 8.70. The summed E-state index contributed by atoms with van der Waals surface area (Å²) < 4.78 is 1.53. The van der Waals surface area contributed by atoms with E-state index in [0.29, 0.717) is 16.8 Å². The van der Waals surface area contributed by atoms with E-state index in [2.05, 4.69) is 5.10 Å². The standard InChI is InChI=1S/C11H7ClN4/c12-11(14)9-3-1-2-4-10(9)16-7-8(5-13)6-15-16/h1-4,6-7,14H. The number of nitrogens with zero attached hydrogens (tertiary/aromatic N) is 3. The van der Waals surface area contributed by atoms with E-state index in [1.165, 1.54) is 10.9 Å². The van der Waals surface area contributed by atoms with Gasteiger partial charge in [0.1, 0.15) is 11.2 Å². The Morgan fingerprint density at radius 1 is 1.44 bits per heavy atom. The Morgan fingerprint density at radius 3 is 2.81 bits per heavy atom. The molecule has 0 aliphatic rings. The molecule has 0 atom stereocenters. The minimum absolute atomic E-state index is 0.0513. The highest BCUT2D eigenvalue weighted by Gasteiger charge is 2.08. The van der Waals surface area contributed by atoms with Crippen molar-refractivity contribution >= 4 is 16.8 Å². The first-order valence-electron chi connectivity index (χ1n) is 4.51. The molecule has 0 fully saturated rings.